The van der Waals surface area contributed by atoms with Crippen LogP contribution in [0.3, 0.4) is 0 Å². The number of benzene rings is 8. The summed E-state index contributed by atoms with van der Waals surface area (Å²) >= 11 is 31.2. The van der Waals surface area contributed by atoms with Crippen LogP contribution >= 0.6 is 70.4 Å². The molecule has 18 nitrogen and oxygen atoms in total. The molecule has 544 valence electrons. The third-order valence-electron chi connectivity index (χ3n) is 23.2. The number of hydrogen-bond acceptors (Lipinski definition) is 15. The Bertz CT molecular complexity index is 5160. The van der Waals surface area contributed by atoms with Gasteiger partial charge in [-0.25, -0.2) is 0 Å². The molecule has 4 aliphatic heterocycles. The Kier molecular flexibility index (Phi) is 19.0. The third-order valence-corrected chi connectivity index (χ3v) is 25.1. The monoisotopic (exact) mass is 1540 g/mol. The summed E-state index contributed by atoms with van der Waals surface area (Å²) in [6.45, 7) is 10.6. The van der Waals surface area contributed by atoms with Gasteiger partial charge < -0.3 is 39.0 Å². The lowest BCUT2D eigenvalue weighted by Crippen LogP contribution is -2.70. The van der Waals surface area contributed by atoms with Crippen molar-refractivity contribution in [2.45, 2.75) is 117 Å². The Morgan fingerprint density at radius 1 is 0.410 bits per heavy atom. The van der Waals surface area contributed by atoms with Crippen LogP contribution in [0.1, 0.15) is 137 Å². The third kappa shape index (κ3) is 11.8. The van der Waals surface area contributed by atoms with Crippen molar-refractivity contribution in [3.63, 3.8) is 0 Å². The number of carbonyl (C=O) groups excluding carboxylic acids is 10. The van der Waals surface area contributed by atoms with E-state index in [0.29, 0.717) is 122 Å². The van der Waals surface area contributed by atoms with E-state index in [-0.39, 0.29) is 88.9 Å². The number of nitrogens with zero attached hydrogens (tertiary/aromatic N) is 3. The molecule has 24 heteroatoms. The first-order chi connectivity index (χ1) is 49.7. The normalized spacial score (nSPS) is 25.1. The van der Waals surface area contributed by atoms with Gasteiger partial charge in [-0.15, -0.1) is 58.8 Å². The van der Waals surface area contributed by atoms with E-state index in [2.05, 4.69) is 5.32 Å². The second-order valence-corrected chi connectivity index (χ2v) is 31.5. The molecule has 8 aromatic rings. The molecule has 2 bridgehead atoms. The summed E-state index contributed by atoms with van der Waals surface area (Å²) in [5, 5.41) is 9.82. The second-order valence-electron chi connectivity index (χ2n) is 29.9. The lowest BCUT2D eigenvalue weighted by atomic mass is 9.35. The first kappa shape index (κ1) is 73.5. The van der Waals surface area contributed by atoms with Gasteiger partial charge in [0, 0.05) is 176 Å². The van der Waals surface area contributed by atoms with Crippen LogP contribution in [0.2, 0.25) is 0 Å². The quantitative estimate of drug-likeness (QED) is 0.0410. The van der Waals surface area contributed by atoms with Gasteiger partial charge in [-0.05, 0) is 119 Å². The number of ketones is 2. The molecule has 4 heterocycles. The average Bonchev–Trinajstić information content (AvgIpc) is 1.39. The number of ether oxygens (including phenoxy) is 4. The van der Waals surface area contributed by atoms with Gasteiger partial charge in [0.25, 0.3) is 0 Å². The Hall–Kier alpha value is -8.36. The number of amides is 3. The molecule has 6 fully saturated rings. The molecule has 1 N–H and O–H groups in total. The zero-order valence-corrected chi connectivity index (χ0v) is 63.0. The molecule has 6 saturated carbocycles. The largest absolute Gasteiger partial charge is 0.426 e. The zero-order valence-electron chi connectivity index (χ0n) is 58.4. The SMILES string of the molecule is CC(=O)Cc1ccc2c(OC(C)=O)cc3c(c2c1)[C@H](CCl)CN3.CC(=O)Cc1ccc2c(OC(C)=O)cc3c(c2c1)[C@H](CCl)CN3C(=O)C12CC3(C(=O)N4C[C@@H](CCl)c5c4cc(OC(C)=O)c4ccccc54)CC31C2.CC(=O)Oc1cc2c(c3ccccc13)[C@H](CCl)CN2C(=O)C12CC(C(=O)Cl)(C1)C2.Cl. The van der Waals surface area contributed by atoms with Crippen molar-refractivity contribution in [2.24, 2.45) is 27.1 Å². The predicted octanol–water partition coefficient (Wildman–Crippen LogP) is 15.6. The van der Waals surface area contributed by atoms with Crippen molar-refractivity contribution >= 4 is 195 Å². The number of esters is 4. The fourth-order valence-corrected chi connectivity index (χ4v) is 20.2. The summed E-state index contributed by atoms with van der Waals surface area (Å²) in [4.78, 5) is 131. The molecule has 0 aromatic heterocycles. The topological polar surface area (TPSA) is 229 Å². The molecule has 8 aromatic carbocycles. The Labute approximate surface area is 636 Å². The lowest BCUT2D eigenvalue weighted by Gasteiger charge is -2.67. The average molecular weight is 1540 g/mol. The van der Waals surface area contributed by atoms with Crippen molar-refractivity contribution in [3.05, 3.63) is 143 Å². The van der Waals surface area contributed by atoms with E-state index in [0.717, 1.165) is 89.0 Å². The van der Waals surface area contributed by atoms with Crippen molar-refractivity contribution in [2.75, 3.05) is 69.7 Å². The smallest absolute Gasteiger partial charge is 0.308 e. The van der Waals surface area contributed by atoms with E-state index in [9.17, 15) is 47.9 Å². The van der Waals surface area contributed by atoms with Gasteiger partial charge in [0.05, 0.1) is 33.3 Å². The van der Waals surface area contributed by atoms with Gasteiger partial charge >= 0.3 is 23.9 Å². The lowest BCUT2D eigenvalue weighted by molar-refractivity contribution is -0.200. The van der Waals surface area contributed by atoms with E-state index in [4.69, 9.17) is 77.0 Å². The Balaban J connectivity index is 0.000000147. The molecule has 7 atom stereocenters. The molecule has 105 heavy (non-hydrogen) atoms. The number of anilines is 4. The molecule has 1 spiro atoms. The first-order valence-electron chi connectivity index (χ1n) is 34.8. The summed E-state index contributed by atoms with van der Waals surface area (Å²) in [5.74, 6) is 1.54. The molecule has 3 amide bonds. The molecular weight excluding hydrogens is 1470 g/mol. The van der Waals surface area contributed by atoms with E-state index in [1.54, 1.807) is 41.8 Å². The summed E-state index contributed by atoms with van der Waals surface area (Å²) in [5.41, 5.74) is 6.13. The van der Waals surface area contributed by atoms with Gasteiger partial charge in [0.15, 0.2) is 0 Å². The highest BCUT2D eigenvalue weighted by Gasteiger charge is 3.01. The number of fused-ring (bicyclic) bond motifs is 12. The fraction of sp³-hybridized carbons (Fsp3) is 0.383. The number of hydrogen-bond donors (Lipinski definition) is 1. The maximum Gasteiger partial charge on any atom is 0.308 e. The number of halogens is 6. The minimum absolute atomic E-state index is 0. The van der Waals surface area contributed by atoms with Crippen molar-refractivity contribution in [1.29, 1.82) is 0 Å². The Morgan fingerprint density at radius 3 is 1.12 bits per heavy atom. The molecule has 10 aliphatic rings. The summed E-state index contributed by atoms with van der Waals surface area (Å²) in [7, 11) is 0. The summed E-state index contributed by atoms with van der Waals surface area (Å²) < 4.78 is 22.1. The number of carbonyl (C=O) groups is 10. The minimum Gasteiger partial charge on any atom is -0.426 e. The number of Topliss-reactive ketones (excluding diaryl/α,β-unsaturated/α-hetero) is 2. The molecular formula is C81H74Cl6N4O14. The van der Waals surface area contributed by atoms with Crippen LogP contribution in [-0.4, -0.2) is 108 Å². The van der Waals surface area contributed by atoms with Crippen LogP contribution in [0.4, 0.5) is 22.7 Å². The zero-order chi connectivity index (χ0) is 73.6. The van der Waals surface area contributed by atoms with E-state index in [1.165, 1.54) is 27.7 Å². The number of nitrogens with one attached hydrogen (secondary N) is 1. The van der Waals surface area contributed by atoms with Crippen LogP contribution in [0.15, 0.2) is 109 Å². The first-order valence-corrected chi connectivity index (χ1v) is 37.4. The molecule has 3 unspecified atom stereocenters. The highest BCUT2D eigenvalue weighted by Crippen LogP contribution is 3.01. The van der Waals surface area contributed by atoms with Gasteiger partial charge in [0.2, 0.25) is 23.0 Å². The highest BCUT2D eigenvalue weighted by atomic mass is 35.5. The van der Waals surface area contributed by atoms with Crippen LogP contribution in [-0.2, 0) is 60.8 Å². The number of alkyl halides is 4. The minimum atomic E-state index is -0.658. The van der Waals surface area contributed by atoms with Crippen LogP contribution < -0.4 is 39.0 Å². The van der Waals surface area contributed by atoms with Crippen LogP contribution in [0.5, 0.6) is 23.0 Å². The van der Waals surface area contributed by atoms with Crippen molar-refractivity contribution < 1.29 is 66.9 Å². The molecule has 6 aliphatic carbocycles. The second kappa shape index (κ2) is 27.1. The number of rotatable bonds is 16. The molecule has 0 saturated heterocycles. The van der Waals surface area contributed by atoms with Crippen LogP contribution in [0.25, 0.3) is 43.1 Å². The van der Waals surface area contributed by atoms with Crippen LogP contribution in [0, 0.1) is 27.1 Å². The van der Waals surface area contributed by atoms with Crippen molar-refractivity contribution in [3.8, 4) is 23.0 Å². The fourth-order valence-electron chi connectivity index (χ4n) is 19.0. The Morgan fingerprint density at radius 2 is 0.762 bits per heavy atom. The van der Waals surface area contributed by atoms with Gasteiger partial charge in [-0.1, -0.05) is 84.9 Å². The maximum atomic E-state index is 14.7. The van der Waals surface area contributed by atoms with Gasteiger partial charge in [-0.2, -0.15) is 0 Å². The van der Waals surface area contributed by atoms with E-state index >= 15 is 0 Å². The van der Waals surface area contributed by atoms with Crippen molar-refractivity contribution in [1.82, 2.24) is 0 Å². The summed E-state index contributed by atoms with van der Waals surface area (Å²) in [6, 6.07) is 34.1. The van der Waals surface area contributed by atoms with E-state index < -0.39 is 45.0 Å². The van der Waals surface area contributed by atoms with E-state index in [1.807, 2.05) is 95.9 Å². The van der Waals surface area contributed by atoms with Gasteiger partial charge in [0.1, 0.15) is 34.6 Å². The highest BCUT2D eigenvalue weighted by molar-refractivity contribution is 6.65. The van der Waals surface area contributed by atoms with Gasteiger partial charge in [-0.3, -0.25) is 47.9 Å². The summed E-state index contributed by atoms with van der Waals surface area (Å²) in [6.07, 6.45) is 3.91. The molecule has 0 radical (unpaired) electrons. The predicted molar refractivity (Wildman–Crippen MR) is 407 cm³/mol. The standard InChI is InChI=1S/C41H36Cl2N2O7.C22H19Cl2NO4.C18H18ClNO3.ClH/c1-21(46)10-24-8-9-28-30(11-24)36-26(15-43)17-45(32(36)13-34(28)52-23(3)48)38(50)40-18-39(19-41(39,40)20-40)37(49)44-16-25(14-42)35-29-7-5-4-6-27(29)33(12-31(35)44)51-22(2)47;1-12(26)29-17-6-16-18(15-5-3-2-4-14(15)17)13(7-23)8-25(16)20(28)22-9-21(10-22,11-22)19(24)27;1-10(21)5-12-3-4-14-15(6-12)18-13(8-19)9-20-16(18)7-17(14)23-11(2)22;/h4-9,11-13,25-26H,10,14-20H2,1-3H3;2-6,13H,7-11H2,1H3;3-4,6-7,13,20H,5,8-9H2,1-2H3;1H/t25-,26-,39?,40?,41?;13-,21?,22?;13-;/m111./s1. The maximum absolute atomic E-state index is 14.7. The molecule has 18 rings (SSSR count).